The molecule has 4 nitrogen and oxygen atoms in total. The van der Waals surface area contributed by atoms with Crippen LogP contribution in [0.2, 0.25) is 0 Å². The SMILES string of the molecule is CCNC(=NCc1cccc2cccnc12)NCc1cccs1. The molecule has 0 saturated carbocycles. The molecule has 3 rings (SSSR count). The second-order valence-electron chi connectivity index (χ2n) is 5.12. The number of nitrogens with one attached hydrogen (secondary N) is 2. The van der Waals surface area contributed by atoms with Crippen molar-refractivity contribution in [3.63, 3.8) is 0 Å². The third kappa shape index (κ3) is 4.07. The standard InChI is InChI=1S/C18H20N4S/c1-2-19-18(22-13-16-9-5-11-23-16)21-12-15-7-3-6-14-8-4-10-20-17(14)15/h3-11H,2,12-13H2,1H3,(H2,19,21,22). The van der Waals surface area contributed by atoms with E-state index in [4.69, 9.17) is 4.99 Å². The van der Waals surface area contributed by atoms with Gasteiger partial charge < -0.3 is 10.6 Å². The summed E-state index contributed by atoms with van der Waals surface area (Å²) in [5, 5.41) is 9.89. The first-order valence-electron chi connectivity index (χ1n) is 7.74. The van der Waals surface area contributed by atoms with E-state index in [0.717, 1.165) is 35.5 Å². The average molecular weight is 324 g/mol. The summed E-state index contributed by atoms with van der Waals surface area (Å²) in [5.74, 6) is 0.828. The Balaban J connectivity index is 1.74. The van der Waals surface area contributed by atoms with E-state index in [1.165, 1.54) is 4.88 Å². The van der Waals surface area contributed by atoms with Crippen molar-refractivity contribution in [2.45, 2.75) is 20.0 Å². The molecule has 118 valence electrons. The van der Waals surface area contributed by atoms with Crippen molar-refractivity contribution in [3.05, 3.63) is 64.5 Å². The van der Waals surface area contributed by atoms with Crippen LogP contribution in [-0.2, 0) is 13.1 Å². The predicted octanol–water partition coefficient (Wildman–Crippen LogP) is 3.55. The molecule has 3 aromatic rings. The number of rotatable bonds is 5. The number of pyridine rings is 1. The summed E-state index contributed by atoms with van der Waals surface area (Å²) >= 11 is 1.74. The number of guanidine groups is 1. The van der Waals surface area contributed by atoms with Crippen molar-refractivity contribution in [1.82, 2.24) is 15.6 Å². The molecule has 1 aromatic carbocycles. The lowest BCUT2D eigenvalue weighted by Crippen LogP contribution is -2.36. The minimum atomic E-state index is 0.605. The van der Waals surface area contributed by atoms with Gasteiger partial charge in [-0.15, -0.1) is 11.3 Å². The molecule has 0 fully saturated rings. The van der Waals surface area contributed by atoms with Crippen LogP contribution < -0.4 is 10.6 Å². The maximum absolute atomic E-state index is 4.69. The van der Waals surface area contributed by atoms with Gasteiger partial charge in [-0.1, -0.05) is 30.3 Å². The Labute approximate surface area is 140 Å². The molecule has 0 aliphatic rings. The lowest BCUT2D eigenvalue weighted by Gasteiger charge is -2.11. The van der Waals surface area contributed by atoms with Crippen LogP contribution in [0.5, 0.6) is 0 Å². The first-order valence-corrected chi connectivity index (χ1v) is 8.62. The van der Waals surface area contributed by atoms with Crippen LogP contribution in [0.25, 0.3) is 10.9 Å². The molecule has 0 amide bonds. The van der Waals surface area contributed by atoms with Crippen molar-refractivity contribution in [1.29, 1.82) is 0 Å². The Morgan fingerprint density at radius 3 is 2.87 bits per heavy atom. The maximum Gasteiger partial charge on any atom is 0.191 e. The number of nitrogens with zero attached hydrogens (tertiary/aromatic N) is 2. The molecule has 5 heteroatoms. The Hall–Kier alpha value is -2.40. The van der Waals surface area contributed by atoms with Crippen LogP contribution in [0.4, 0.5) is 0 Å². The van der Waals surface area contributed by atoms with Gasteiger partial charge in [-0.2, -0.15) is 0 Å². The largest absolute Gasteiger partial charge is 0.357 e. The summed E-state index contributed by atoms with van der Waals surface area (Å²) in [5.41, 5.74) is 2.16. The van der Waals surface area contributed by atoms with Crippen LogP contribution in [-0.4, -0.2) is 17.5 Å². The maximum atomic E-state index is 4.69. The molecule has 2 heterocycles. The Morgan fingerprint density at radius 1 is 1.13 bits per heavy atom. The van der Waals surface area contributed by atoms with Gasteiger partial charge in [-0.05, 0) is 30.0 Å². The summed E-state index contributed by atoms with van der Waals surface area (Å²) in [4.78, 5) is 10.5. The highest BCUT2D eigenvalue weighted by Crippen LogP contribution is 2.16. The fourth-order valence-electron chi connectivity index (χ4n) is 2.38. The molecule has 0 atom stereocenters. The van der Waals surface area contributed by atoms with Crippen LogP contribution in [0.3, 0.4) is 0 Å². The number of aliphatic imine (C=N–C) groups is 1. The molecule has 0 radical (unpaired) electrons. The molecule has 0 aliphatic heterocycles. The third-order valence-corrected chi connectivity index (χ3v) is 4.35. The Bertz CT molecular complexity index is 775. The van der Waals surface area contributed by atoms with E-state index in [0.29, 0.717) is 6.54 Å². The van der Waals surface area contributed by atoms with Gasteiger partial charge in [0.15, 0.2) is 5.96 Å². The summed E-state index contributed by atoms with van der Waals surface area (Å²) < 4.78 is 0. The average Bonchev–Trinajstić information content (AvgIpc) is 3.11. The first kappa shape index (κ1) is 15.5. The van der Waals surface area contributed by atoms with Gasteiger partial charge in [-0.25, -0.2) is 4.99 Å². The molecular formula is C18H20N4S. The highest BCUT2D eigenvalue weighted by molar-refractivity contribution is 7.09. The van der Waals surface area contributed by atoms with Gasteiger partial charge in [0, 0.05) is 23.0 Å². The van der Waals surface area contributed by atoms with Crippen molar-refractivity contribution in [2.24, 2.45) is 4.99 Å². The molecule has 0 aliphatic carbocycles. The van der Waals surface area contributed by atoms with Crippen LogP contribution >= 0.6 is 11.3 Å². The number of aromatic nitrogens is 1. The molecule has 0 bridgehead atoms. The minimum Gasteiger partial charge on any atom is -0.357 e. The summed E-state index contributed by atoms with van der Waals surface area (Å²) in [7, 11) is 0. The van der Waals surface area contributed by atoms with Gasteiger partial charge in [0.25, 0.3) is 0 Å². The molecule has 0 saturated heterocycles. The van der Waals surface area contributed by atoms with E-state index in [2.05, 4.69) is 64.3 Å². The van der Waals surface area contributed by atoms with E-state index < -0.39 is 0 Å². The number of thiophene rings is 1. The van der Waals surface area contributed by atoms with Crippen molar-refractivity contribution >= 4 is 28.2 Å². The highest BCUT2D eigenvalue weighted by Gasteiger charge is 2.03. The van der Waals surface area contributed by atoms with Crippen LogP contribution in [0.15, 0.2) is 59.0 Å². The summed E-state index contributed by atoms with van der Waals surface area (Å²) in [6, 6.07) is 14.4. The van der Waals surface area contributed by atoms with Crippen molar-refractivity contribution in [3.8, 4) is 0 Å². The minimum absolute atomic E-state index is 0.605. The van der Waals surface area contributed by atoms with Crippen LogP contribution in [0, 0.1) is 0 Å². The quantitative estimate of drug-likeness (QED) is 0.557. The Morgan fingerprint density at radius 2 is 2.04 bits per heavy atom. The van der Waals surface area contributed by atoms with Crippen molar-refractivity contribution in [2.75, 3.05) is 6.54 Å². The number of para-hydroxylation sites is 1. The molecule has 0 spiro atoms. The lowest BCUT2D eigenvalue weighted by molar-refractivity contribution is 0.824. The van der Waals surface area contributed by atoms with Gasteiger partial charge in [-0.3, -0.25) is 4.98 Å². The molecule has 23 heavy (non-hydrogen) atoms. The second-order valence-corrected chi connectivity index (χ2v) is 6.15. The zero-order chi connectivity index (χ0) is 15.9. The predicted molar refractivity (Wildman–Crippen MR) is 97.7 cm³/mol. The van der Waals surface area contributed by atoms with E-state index in [9.17, 15) is 0 Å². The zero-order valence-electron chi connectivity index (χ0n) is 13.1. The molecule has 0 unspecified atom stereocenters. The molecular weight excluding hydrogens is 304 g/mol. The molecule has 2 N–H and O–H groups in total. The topological polar surface area (TPSA) is 49.3 Å². The monoisotopic (exact) mass is 324 g/mol. The first-order chi connectivity index (χ1) is 11.4. The van der Waals surface area contributed by atoms with Gasteiger partial charge >= 0.3 is 0 Å². The fourth-order valence-corrected chi connectivity index (χ4v) is 3.03. The number of hydrogen-bond donors (Lipinski definition) is 2. The summed E-state index contributed by atoms with van der Waals surface area (Å²) in [6.45, 7) is 4.30. The highest BCUT2D eigenvalue weighted by atomic mass is 32.1. The normalized spacial score (nSPS) is 11.6. The van der Waals surface area contributed by atoms with E-state index in [-0.39, 0.29) is 0 Å². The molecule has 2 aromatic heterocycles. The van der Waals surface area contributed by atoms with Gasteiger partial charge in [0.1, 0.15) is 0 Å². The smallest absolute Gasteiger partial charge is 0.191 e. The van der Waals surface area contributed by atoms with Crippen molar-refractivity contribution < 1.29 is 0 Å². The summed E-state index contributed by atoms with van der Waals surface area (Å²) in [6.07, 6.45) is 1.83. The van der Waals surface area contributed by atoms with Gasteiger partial charge in [0.05, 0.1) is 18.6 Å². The Kier molecular flexibility index (Phi) is 5.21. The van der Waals surface area contributed by atoms with Crippen LogP contribution in [0.1, 0.15) is 17.4 Å². The third-order valence-electron chi connectivity index (χ3n) is 3.48. The van der Waals surface area contributed by atoms with E-state index >= 15 is 0 Å². The van der Waals surface area contributed by atoms with Gasteiger partial charge in [0.2, 0.25) is 0 Å². The zero-order valence-corrected chi connectivity index (χ0v) is 13.9. The van der Waals surface area contributed by atoms with E-state index in [1.807, 2.05) is 12.3 Å². The number of fused-ring (bicyclic) bond motifs is 1. The second kappa shape index (κ2) is 7.74. The van der Waals surface area contributed by atoms with E-state index in [1.54, 1.807) is 11.3 Å². The lowest BCUT2D eigenvalue weighted by atomic mass is 10.1. The number of benzene rings is 1. The fraction of sp³-hybridized carbons (Fsp3) is 0.222. The number of hydrogen-bond acceptors (Lipinski definition) is 3.